The van der Waals surface area contributed by atoms with Crippen molar-refractivity contribution in [2.75, 3.05) is 26.4 Å². The van der Waals surface area contributed by atoms with Gasteiger partial charge >= 0.3 is 0 Å². The summed E-state index contributed by atoms with van der Waals surface area (Å²) in [7, 11) is 0. The predicted molar refractivity (Wildman–Crippen MR) is 52.8 cm³/mol. The van der Waals surface area contributed by atoms with Crippen LogP contribution in [0.1, 0.15) is 26.7 Å². The Morgan fingerprint density at radius 3 is 1.31 bits per heavy atom. The van der Waals surface area contributed by atoms with Gasteiger partial charge in [-0.25, -0.2) is 0 Å². The van der Waals surface area contributed by atoms with E-state index < -0.39 is 0 Å². The minimum Gasteiger partial charge on any atom is -0.412 e. The number of hydrogen-bond acceptors (Lipinski definition) is 2. The van der Waals surface area contributed by atoms with Gasteiger partial charge in [0, 0.05) is 26.4 Å². The third kappa shape index (κ3) is 6.02. The lowest BCUT2D eigenvalue weighted by Crippen LogP contribution is -1.88. The lowest BCUT2D eigenvalue weighted by atomic mass is 10.2. The van der Waals surface area contributed by atoms with E-state index in [0.717, 1.165) is 38.3 Å². The Bertz CT molecular complexity index is 90.7. The van der Waals surface area contributed by atoms with Crippen LogP contribution in [0, 0.1) is 11.8 Å². The Morgan fingerprint density at radius 1 is 0.846 bits per heavy atom. The Morgan fingerprint density at radius 2 is 1.23 bits per heavy atom. The van der Waals surface area contributed by atoms with E-state index in [9.17, 15) is 0 Å². The van der Waals surface area contributed by atoms with E-state index in [1.807, 2.05) is 0 Å². The van der Waals surface area contributed by atoms with Crippen molar-refractivity contribution in [1.82, 2.24) is 0 Å². The second-order valence-corrected chi connectivity index (χ2v) is 3.94. The molecule has 2 aliphatic heterocycles. The highest BCUT2D eigenvalue weighted by atomic mass is 16.5. The summed E-state index contributed by atoms with van der Waals surface area (Å²) < 4.78 is 10.1. The quantitative estimate of drug-likeness (QED) is 0.577. The van der Waals surface area contributed by atoms with Gasteiger partial charge in [0.05, 0.1) is 0 Å². The lowest BCUT2D eigenvalue weighted by molar-refractivity contribution is 0.188. The predicted octanol–water partition coefficient (Wildman–Crippen LogP) is 1.26. The van der Waals surface area contributed by atoms with Gasteiger partial charge in [0.15, 0.2) is 0 Å². The Kier molecular flexibility index (Phi) is 7.23. The standard InChI is InChI=1S/2C5H10O.H2O/c2*1-5-2-3-6-4-5;/h2*5H,2-4H2,1H3;1H2. The summed E-state index contributed by atoms with van der Waals surface area (Å²) in [5.74, 6) is 1.65. The molecule has 2 heterocycles. The summed E-state index contributed by atoms with van der Waals surface area (Å²) in [5.41, 5.74) is 0. The zero-order chi connectivity index (χ0) is 8.81. The maximum atomic E-state index is 5.06. The van der Waals surface area contributed by atoms with Crippen LogP contribution in [-0.2, 0) is 9.47 Å². The summed E-state index contributed by atoms with van der Waals surface area (Å²) in [6.45, 7) is 8.38. The average Bonchev–Trinajstić information content (AvgIpc) is 2.63. The van der Waals surface area contributed by atoms with Crippen LogP contribution in [0.2, 0.25) is 0 Å². The molecular weight excluding hydrogens is 168 g/mol. The van der Waals surface area contributed by atoms with Crippen LogP contribution < -0.4 is 0 Å². The largest absolute Gasteiger partial charge is 0.412 e. The molecule has 13 heavy (non-hydrogen) atoms. The molecule has 0 aliphatic carbocycles. The monoisotopic (exact) mass is 190 g/mol. The first-order valence-electron chi connectivity index (χ1n) is 4.94. The summed E-state index contributed by atoms with van der Waals surface area (Å²) >= 11 is 0. The molecule has 2 unspecified atom stereocenters. The smallest absolute Gasteiger partial charge is 0.0492 e. The first kappa shape index (κ1) is 12.9. The topological polar surface area (TPSA) is 50.0 Å². The van der Waals surface area contributed by atoms with E-state index >= 15 is 0 Å². The molecule has 2 fully saturated rings. The van der Waals surface area contributed by atoms with E-state index in [-0.39, 0.29) is 5.48 Å². The van der Waals surface area contributed by atoms with Gasteiger partial charge in [0.1, 0.15) is 0 Å². The maximum absolute atomic E-state index is 5.06. The zero-order valence-corrected chi connectivity index (χ0v) is 8.71. The molecule has 2 atom stereocenters. The highest BCUT2D eigenvalue weighted by Gasteiger charge is 2.08. The van der Waals surface area contributed by atoms with Gasteiger partial charge in [-0.2, -0.15) is 0 Å². The van der Waals surface area contributed by atoms with Crippen LogP contribution in [0.3, 0.4) is 0 Å². The van der Waals surface area contributed by atoms with Crippen LogP contribution >= 0.6 is 0 Å². The van der Waals surface area contributed by atoms with Crippen LogP contribution in [0.25, 0.3) is 0 Å². The van der Waals surface area contributed by atoms with Crippen molar-refractivity contribution in [3.05, 3.63) is 0 Å². The third-order valence-electron chi connectivity index (χ3n) is 2.31. The van der Waals surface area contributed by atoms with Gasteiger partial charge < -0.3 is 14.9 Å². The maximum Gasteiger partial charge on any atom is 0.0492 e. The van der Waals surface area contributed by atoms with Gasteiger partial charge in [-0.3, -0.25) is 0 Å². The lowest BCUT2D eigenvalue weighted by Gasteiger charge is -1.89. The molecule has 0 aromatic rings. The van der Waals surface area contributed by atoms with Gasteiger partial charge in [0.2, 0.25) is 0 Å². The Labute approximate surface area is 80.7 Å². The van der Waals surface area contributed by atoms with Crippen molar-refractivity contribution < 1.29 is 14.9 Å². The molecule has 2 saturated heterocycles. The fourth-order valence-corrected chi connectivity index (χ4v) is 1.30. The normalized spacial score (nSPS) is 31.8. The molecule has 2 rings (SSSR count). The molecule has 0 bridgehead atoms. The number of ether oxygens (including phenoxy) is 2. The Hall–Kier alpha value is -0.120. The summed E-state index contributed by atoms with van der Waals surface area (Å²) in [5, 5.41) is 0. The highest BCUT2D eigenvalue weighted by molar-refractivity contribution is 4.56. The van der Waals surface area contributed by atoms with Crippen molar-refractivity contribution >= 4 is 0 Å². The van der Waals surface area contributed by atoms with Crippen molar-refractivity contribution in [2.24, 2.45) is 11.8 Å². The SMILES string of the molecule is CC1CCOC1.CC1CCOC1.O. The molecule has 3 heteroatoms. The fraction of sp³-hybridized carbons (Fsp3) is 1.00. The van der Waals surface area contributed by atoms with E-state index in [1.54, 1.807) is 0 Å². The molecule has 0 aromatic carbocycles. The molecular formula is C10H22O3. The molecule has 0 radical (unpaired) electrons. The average molecular weight is 190 g/mol. The first-order chi connectivity index (χ1) is 5.79. The number of hydrogen-bond donors (Lipinski definition) is 0. The molecule has 3 nitrogen and oxygen atoms in total. The van der Waals surface area contributed by atoms with Crippen molar-refractivity contribution in [2.45, 2.75) is 26.7 Å². The van der Waals surface area contributed by atoms with Gasteiger partial charge in [-0.15, -0.1) is 0 Å². The zero-order valence-electron chi connectivity index (χ0n) is 8.71. The first-order valence-corrected chi connectivity index (χ1v) is 4.94. The summed E-state index contributed by atoms with van der Waals surface area (Å²) in [6, 6.07) is 0. The minimum absolute atomic E-state index is 0. The molecule has 0 aromatic heterocycles. The van der Waals surface area contributed by atoms with E-state index in [4.69, 9.17) is 9.47 Å². The van der Waals surface area contributed by atoms with Gasteiger partial charge in [-0.1, -0.05) is 13.8 Å². The van der Waals surface area contributed by atoms with Crippen molar-refractivity contribution in [1.29, 1.82) is 0 Å². The Balaban J connectivity index is 0.000000206. The van der Waals surface area contributed by atoms with E-state index in [1.165, 1.54) is 12.8 Å². The van der Waals surface area contributed by atoms with Crippen molar-refractivity contribution in [3.8, 4) is 0 Å². The molecule has 0 amide bonds. The summed E-state index contributed by atoms with van der Waals surface area (Å²) in [4.78, 5) is 0. The number of rotatable bonds is 0. The molecule has 2 aliphatic rings. The van der Waals surface area contributed by atoms with E-state index in [2.05, 4.69) is 13.8 Å². The van der Waals surface area contributed by atoms with Crippen LogP contribution in [0.5, 0.6) is 0 Å². The molecule has 0 saturated carbocycles. The second kappa shape index (κ2) is 7.30. The van der Waals surface area contributed by atoms with E-state index in [0.29, 0.717) is 0 Å². The second-order valence-electron chi connectivity index (χ2n) is 3.94. The van der Waals surface area contributed by atoms with Crippen LogP contribution in [0.15, 0.2) is 0 Å². The van der Waals surface area contributed by atoms with Gasteiger partial charge in [0.25, 0.3) is 0 Å². The molecule has 0 spiro atoms. The van der Waals surface area contributed by atoms with Crippen LogP contribution in [-0.4, -0.2) is 31.9 Å². The van der Waals surface area contributed by atoms with Gasteiger partial charge in [-0.05, 0) is 24.7 Å². The fourth-order valence-electron chi connectivity index (χ4n) is 1.30. The molecule has 80 valence electrons. The van der Waals surface area contributed by atoms with Crippen molar-refractivity contribution in [3.63, 3.8) is 0 Å². The highest BCUT2D eigenvalue weighted by Crippen LogP contribution is 2.09. The summed E-state index contributed by atoms with van der Waals surface area (Å²) in [6.07, 6.45) is 2.53. The minimum atomic E-state index is 0. The molecule has 2 N–H and O–H groups in total. The third-order valence-corrected chi connectivity index (χ3v) is 2.31. The van der Waals surface area contributed by atoms with Crippen LogP contribution in [0.4, 0.5) is 0 Å².